The van der Waals surface area contributed by atoms with Crippen molar-refractivity contribution in [2.75, 3.05) is 0 Å². The van der Waals surface area contributed by atoms with Gasteiger partial charge in [0.15, 0.2) is 0 Å². The van der Waals surface area contributed by atoms with Crippen LogP contribution in [0.25, 0.3) is 0 Å². The number of nitrogens with zero attached hydrogens (tertiary/aromatic N) is 1. The lowest BCUT2D eigenvalue weighted by Gasteiger charge is -2.13. The van der Waals surface area contributed by atoms with E-state index in [0.29, 0.717) is 12.1 Å². The van der Waals surface area contributed by atoms with Gasteiger partial charge in [-0.2, -0.15) is 0 Å². The molecule has 2 aromatic rings. The quantitative estimate of drug-likeness (QED) is 0.693. The Morgan fingerprint density at radius 2 is 1.78 bits per heavy atom. The second-order valence-corrected chi connectivity index (χ2v) is 5.23. The maximum Gasteiger partial charge on any atom is 0.292 e. The standard InChI is InChI=1S/C18H19FN2O2/c1-13(2)23-18(20-12-14-6-4-3-5-7-14)21-17(22)15-8-10-16(19)11-9-15/h3-11,13H,12H2,1-2H3,(H,20,21,22). The van der Waals surface area contributed by atoms with Crippen LogP contribution in [0.1, 0.15) is 29.8 Å². The summed E-state index contributed by atoms with van der Waals surface area (Å²) < 4.78 is 18.4. The summed E-state index contributed by atoms with van der Waals surface area (Å²) in [4.78, 5) is 16.5. The van der Waals surface area contributed by atoms with Crippen molar-refractivity contribution < 1.29 is 13.9 Å². The van der Waals surface area contributed by atoms with Gasteiger partial charge in [0, 0.05) is 5.56 Å². The summed E-state index contributed by atoms with van der Waals surface area (Å²) in [5, 5.41) is 2.62. The first kappa shape index (κ1) is 16.7. The molecule has 0 bridgehead atoms. The zero-order valence-corrected chi connectivity index (χ0v) is 13.1. The van der Waals surface area contributed by atoms with Crippen molar-refractivity contribution in [2.24, 2.45) is 4.99 Å². The second-order valence-electron chi connectivity index (χ2n) is 5.23. The lowest BCUT2D eigenvalue weighted by atomic mass is 10.2. The second kappa shape index (κ2) is 8.08. The van der Waals surface area contributed by atoms with E-state index in [4.69, 9.17) is 4.74 Å². The molecule has 0 aliphatic rings. The normalized spacial score (nSPS) is 11.4. The Morgan fingerprint density at radius 3 is 2.39 bits per heavy atom. The zero-order chi connectivity index (χ0) is 16.7. The Hall–Kier alpha value is -2.69. The zero-order valence-electron chi connectivity index (χ0n) is 13.1. The van der Waals surface area contributed by atoms with Crippen LogP contribution in [-0.2, 0) is 11.3 Å². The number of hydrogen-bond donors (Lipinski definition) is 1. The van der Waals surface area contributed by atoms with Gasteiger partial charge in [0.1, 0.15) is 5.82 Å². The topological polar surface area (TPSA) is 50.7 Å². The molecule has 0 aliphatic carbocycles. The molecule has 0 spiro atoms. The molecular weight excluding hydrogens is 295 g/mol. The number of rotatable bonds is 4. The third-order valence-corrected chi connectivity index (χ3v) is 2.92. The van der Waals surface area contributed by atoms with Gasteiger partial charge in [-0.15, -0.1) is 0 Å². The van der Waals surface area contributed by atoms with Crippen LogP contribution in [0.15, 0.2) is 59.6 Å². The molecule has 4 nitrogen and oxygen atoms in total. The number of carbonyl (C=O) groups excluding carboxylic acids is 1. The lowest BCUT2D eigenvalue weighted by Crippen LogP contribution is -2.34. The van der Waals surface area contributed by atoms with Gasteiger partial charge < -0.3 is 4.74 Å². The molecule has 23 heavy (non-hydrogen) atoms. The molecule has 120 valence electrons. The first-order valence-corrected chi connectivity index (χ1v) is 7.36. The summed E-state index contributed by atoms with van der Waals surface area (Å²) >= 11 is 0. The maximum absolute atomic E-state index is 12.9. The van der Waals surface area contributed by atoms with Crippen LogP contribution >= 0.6 is 0 Å². The number of halogens is 1. The maximum atomic E-state index is 12.9. The van der Waals surface area contributed by atoms with Crippen molar-refractivity contribution >= 4 is 11.9 Å². The van der Waals surface area contributed by atoms with E-state index in [1.54, 1.807) is 0 Å². The molecule has 0 fully saturated rings. The van der Waals surface area contributed by atoms with Gasteiger partial charge in [-0.05, 0) is 43.7 Å². The van der Waals surface area contributed by atoms with Crippen molar-refractivity contribution in [3.63, 3.8) is 0 Å². The molecule has 0 radical (unpaired) electrons. The monoisotopic (exact) mass is 314 g/mol. The molecule has 1 N–H and O–H groups in total. The van der Waals surface area contributed by atoms with Gasteiger partial charge in [-0.25, -0.2) is 9.38 Å². The number of nitrogens with one attached hydrogen (secondary N) is 1. The van der Waals surface area contributed by atoms with Gasteiger partial charge in [0.25, 0.3) is 11.9 Å². The van der Waals surface area contributed by atoms with E-state index in [1.165, 1.54) is 24.3 Å². The molecule has 2 aromatic carbocycles. The minimum Gasteiger partial charge on any atom is -0.462 e. The summed E-state index contributed by atoms with van der Waals surface area (Å²) in [5.41, 5.74) is 1.35. The average molecular weight is 314 g/mol. The highest BCUT2D eigenvalue weighted by atomic mass is 19.1. The lowest BCUT2D eigenvalue weighted by molar-refractivity contribution is 0.0959. The van der Waals surface area contributed by atoms with Crippen LogP contribution in [-0.4, -0.2) is 18.0 Å². The highest BCUT2D eigenvalue weighted by Crippen LogP contribution is 2.04. The molecule has 2 rings (SSSR count). The van der Waals surface area contributed by atoms with Crippen LogP contribution in [0.5, 0.6) is 0 Å². The van der Waals surface area contributed by atoms with Crippen LogP contribution < -0.4 is 5.32 Å². The van der Waals surface area contributed by atoms with Crippen LogP contribution in [0.2, 0.25) is 0 Å². The fourth-order valence-corrected chi connectivity index (χ4v) is 1.85. The molecule has 0 aromatic heterocycles. The van der Waals surface area contributed by atoms with E-state index in [0.717, 1.165) is 5.56 Å². The summed E-state index contributed by atoms with van der Waals surface area (Å²) in [5.74, 6) is -0.782. The largest absolute Gasteiger partial charge is 0.462 e. The fraction of sp³-hybridized carbons (Fsp3) is 0.222. The molecule has 0 aliphatic heterocycles. The Labute approximate surface area is 135 Å². The fourth-order valence-electron chi connectivity index (χ4n) is 1.85. The molecule has 0 heterocycles. The summed E-state index contributed by atoms with van der Waals surface area (Å²) in [6.45, 7) is 4.09. The smallest absolute Gasteiger partial charge is 0.292 e. The number of amidine groups is 1. The van der Waals surface area contributed by atoms with Crippen molar-refractivity contribution in [1.82, 2.24) is 5.32 Å². The first-order chi connectivity index (χ1) is 11.0. The van der Waals surface area contributed by atoms with E-state index >= 15 is 0 Å². The Bertz CT molecular complexity index is 667. The van der Waals surface area contributed by atoms with Crippen molar-refractivity contribution in [1.29, 1.82) is 0 Å². The Balaban J connectivity index is 2.08. The third-order valence-electron chi connectivity index (χ3n) is 2.92. The molecule has 0 unspecified atom stereocenters. The predicted octanol–water partition coefficient (Wildman–Crippen LogP) is 3.54. The number of hydrogen-bond acceptors (Lipinski definition) is 3. The molecule has 0 saturated heterocycles. The summed E-state index contributed by atoms with van der Waals surface area (Å²) in [6.07, 6.45) is -0.127. The number of benzene rings is 2. The first-order valence-electron chi connectivity index (χ1n) is 7.36. The number of carbonyl (C=O) groups is 1. The molecule has 5 heteroatoms. The Kier molecular flexibility index (Phi) is 5.86. The van der Waals surface area contributed by atoms with Gasteiger partial charge in [-0.3, -0.25) is 10.1 Å². The molecule has 0 saturated carbocycles. The summed E-state index contributed by atoms with van der Waals surface area (Å²) in [7, 11) is 0. The molecule has 0 atom stereocenters. The molecular formula is C18H19FN2O2. The van der Waals surface area contributed by atoms with Crippen LogP contribution in [0.4, 0.5) is 4.39 Å². The van der Waals surface area contributed by atoms with Crippen molar-refractivity contribution in [3.05, 3.63) is 71.5 Å². The number of aliphatic imine (C=N–C) groups is 1. The highest BCUT2D eigenvalue weighted by Gasteiger charge is 2.11. The van der Waals surface area contributed by atoms with Gasteiger partial charge in [0.05, 0.1) is 12.6 Å². The molecule has 1 amide bonds. The Morgan fingerprint density at radius 1 is 1.13 bits per heavy atom. The third kappa shape index (κ3) is 5.54. The predicted molar refractivity (Wildman–Crippen MR) is 87.7 cm³/mol. The number of ether oxygens (including phenoxy) is 1. The van der Waals surface area contributed by atoms with Gasteiger partial charge in [0.2, 0.25) is 0 Å². The van der Waals surface area contributed by atoms with E-state index in [-0.39, 0.29) is 12.1 Å². The average Bonchev–Trinajstić information content (AvgIpc) is 2.53. The highest BCUT2D eigenvalue weighted by molar-refractivity contribution is 6.04. The van der Waals surface area contributed by atoms with Gasteiger partial charge in [-0.1, -0.05) is 30.3 Å². The minimum atomic E-state index is -0.391. The van der Waals surface area contributed by atoms with Crippen LogP contribution in [0.3, 0.4) is 0 Å². The minimum absolute atomic E-state index is 0.127. The van der Waals surface area contributed by atoms with Gasteiger partial charge >= 0.3 is 0 Å². The summed E-state index contributed by atoms with van der Waals surface area (Å²) in [6, 6.07) is 15.1. The van der Waals surface area contributed by atoms with E-state index in [9.17, 15) is 9.18 Å². The number of amides is 1. The van der Waals surface area contributed by atoms with Crippen LogP contribution in [0, 0.1) is 5.82 Å². The van der Waals surface area contributed by atoms with E-state index < -0.39 is 11.7 Å². The van der Waals surface area contributed by atoms with E-state index in [1.807, 2.05) is 44.2 Å². The SMILES string of the molecule is CC(C)OC(=NCc1ccccc1)NC(=O)c1ccc(F)cc1. The van der Waals surface area contributed by atoms with E-state index in [2.05, 4.69) is 10.3 Å². The van der Waals surface area contributed by atoms with Crippen molar-refractivity contribution in [2.45, 2.75) is 26.5 Å². The van der Waals surface area contributed by atoms with Crippen molar-refractivity contribution in [3.8, 4) is 0 Å².